The minimum absolute atomic E-state index is 0.416. The Bertz CT molecular complexity index is 88.4. The van der Waals surface area contributed by atoms with E-state index < -0.39 is 6.16 Å². The van der Waals surface area contributed by atoms with Crippen molar-refractivity contribution in [3.8, 4) is 0 Å². The average molecular weight is 132 g/mol. The number of cyclic esters (lactones) is 2. The number of epoxide rings is 1. The minimum Gasteiger partial charge on any atom is -0.431 e. The lowest BCUT2D eigenvalue weighted by atomic mass is 10.8. The van der Waals surface area contributed by atoms with Gasteiger partial charge in [-0.2, -0.15) is 0 Å². The average Bonchev–Trinajstić information content (AvgIpc) is 2.64. The van der Waals surface area contributed by atoms with Gasteiger partial charge in [-0.25, -0.2) is 4.79 Å². The summed E-state index contributed by atoms with van der Waals surface area (Å²) in [5.74, 6) is 0. The summed E-state index contributed by atoms with van der Waals surface area (Å²) in [6.45, 7) is 2.83. The van der Waals surface area contributed by atoms with Gasteiger partial charge in [0.15, 0.2) is 0 Å². The Morgan fingerprint density at radius 1 is 1.00 bits per heavy atom. The lowest BCUT2D eigenvalue weighted by Gasteiger charge is -1.78. The standard InChI is InChI=1S/C3H4O3.C2H4O/c4-3-5-1-2-6-3;1-2-3-1/h1-2H2;1-2H2. The molecule has 0 bridgehead atoms. The van der Waals surface area contributed by atoms with Crippen molar-refractivity contribution in [1.82, 2.24) is 0 Å². The quantitative estimate of drug-likeness (QED) is 0.348. The van der Waals surface area contributed by atoms with Crippen molar-refractivity contribution in [2.24, 2.45) is 0 Å². The molecule has 0 aromatic rings. The van der Waals surface area contributed by atoms with Gasteiger partial charge in [-0.15, -0.1) is 0 Å². The van der Waals surface area contributed by atoms with E-state index in [2.05, 4.69) is 14.2 Å². The molecule has 2 aliphatic heterocycles. The maximum Gasteiger partial charge on any atom is 0.508 e. The Morgan fingerprint density at radius 2 is 1.44 bits per heavy atom. The van der Waals surface area contributed by atoms with E-state index in [-0.39, 0.29) is 0 Å². The van der Waals surface area contributed by atoms with Gasteiger partial charge >= 0.3 is 6.16 Å². The molecule has 2 heterocycles. The molecule has 52 valence electrons. The zero-order valence-electron chi connectivity index (χ0n) is 4.96. The molecule has 0 amide bonds. The van der Waals surface area contributed by atoms with Crippen molar-refractivity contribution in [2.45, 2.75) is 0 Å². The van der Waals surface area contributed by atoms with Crippen LogP contribution in [0, 0.1) is 0 Å². The summed E-state index contributed by atoms with van der Waals surface area (Å²) in [6.07, 6.45) is -0.546. The second-order valence-electron chi connectivity index (χ2n) is 1.56. The molecule has 2 aliphatic rings. The largest absolute Gasteiger partial charge is 0.508 e. The fourth-order valence-corrected chi connectivity index (χ4v) is 0.292. The van der Waals surface area contributed by atoms with E-state index in [1.54, 1.807) is 0 Å². The third kappa shape index (κ3) is 3.78. The molecular formula is C5H8O4. The molecule has 0 aliphatic carbocycles. The van der Waals surface area contributed by atoms with Crippen molar-refractivity contribution < 1.29 is 19.0 Å². The van der Waals surface area contributed by atoms with E-state index in [1.807, 2.05) is 0 Å². The van der Waals surface area contributed by atoms with Gasteiger partial charge < -0.3 is 14.2 Å². The predicted molar refractivity (Wildman–Crippen MR) is 28.1 cm³/mol. The highest BCUT2D eigenvalue weighted by Crippen LogP contribution is 1.92. The predicted octanol–water partition coefficient (Wildman–Crippen LogP) is 0.170. The fraction of sp³-hybridized carbons (Fsp3) is 0.800. The van der Waals surface area contributed by atoms with E-state index in [0.717, 1.165) is 13.2 Å². The van der Waals surface area contributed by atoms with Crippen LogP contribution in [0.4, 0.5) is 4.79 Å². The molecule has 2 fully saturated rings. The van der Waals surface area contributed by atoms with Gasteiger partial charge in [0.1, 0.15) is 13.2 Å². The van der Waals surface area contributed by atoms with Crippen molar-refractivity contribution >= 4 is 6.16 Å². The van der Waals surface area contributed by atoms with E-state index >= 15 is 0 Å². The number of carbonyl (C=O) groups excluding carboxylic acids is 1. The van der Waals surface area contributed by atoms with Crippen LogP contribution < -0.4 is 0 Å². The zero-order chi connectivity index (χ0) is 6.53. The van der Waals surface area contributed by atoms with Gasteiger partial charge in [-0.1, -0.05) is 0 Å². The topological polar surface area (TPSA) is 48.1 Å². The summed E-state index contributed by atoms with van der Waals surface area (Å²) >= 11 is 0. The van der Waals surface area contributed by atoms with Gasteiger partial charge in [-0.05, 0) is 0 Å². The van der Waals surface area contributed by atoms with Crippen molar-refractivity contribution in [1.29, 1.82) is 0 Å². The molecule has 0 aromatic carbocycles. The highest BCUT2D eigenvalue weighted by Gasteiger charge is 2.09. The third-order valence-electron chi connectivity index (χ3n) is 0.727. The summed E-state index contributed by atoms with van der Waals surface area (Å²) in [6, 6.07) is 0. The molecule has 4 nitrogen and oxygen atoms in total. The zero-order valence-corrected chi connectivity index (χ0v) is 4.96. The molecule has 0 aromatic heterocycles. The van der Waals surface area contributed by atoms with Gasteiger partial charge in [-0.3, -0.25) is 0 Å². The van der Waals surface area contributed by atoms with Crippen LogP contribution in [0.25, 0.3) is 0 Å². The molecule has 0 N–H and O–H groups in total. The van der Waals surface area contributed by atoms with Crippen molar-refractivity contribution in [2.75, 3.05) is 26.4 Å². The number of rotatable bonds is 0. The van der Waals surface area contributed by atoms with Crippen LogP contribution in [0.5, 0.6) is 0 Å². The summed E-state index contributed by atoms with van der Waals surface area (Å²) in [5, 5.41) is 0. The molecule has 9 heavy (non-hydrogen) atoms. The van der Waals surface area contributed by atoms with Crippen molar-refractivity contribution in [3.05, 3.63) is 0 Å². The molecule has 0 saturated carbocycles. The van der Waals surface area contributed by atoms with Crippen molar-refractivity contribution in [3.63, 3.8) is 0 Å². The Morgan fingerprint density at radius 3 is 1.56 bits per heavy atom. The van der Waals surface area contributed by atoms with Crippen LogP contribution in [0.1, 0.15) is 0 Å². The van der Waals surface area contributed by atoms with Crippen LogP contribution in [0.3, 0.4) is 0 Å². The third-order valence-corrected chi connectivity index (χ3v) is 0.727. The van der Waals surface area contributed by atoms with Gasteiger partial charge in [0.05, 0.1) is 13.2 Å². The number of ether oxygens (including phenoxy) is 3. The van der Waals surface area contributed by atoms with Gasteiger partial charge in [0.2, 0.25) is 0 Å². The second-order valence-corrected chi connectivity index (χ2v) is 1.56. The van der Waals surface area contributed by atoms with E-state index in [1.165, 1.54) is 0 Å². The maximum atomic E-state index is 9.80. The Hall–Kier alpha value is -0.770. The Labute approximate surface area is 52.7 Å². The van der Waals surface area contributed by atoms with Gasteiger partial charge in [0.25, 0.3) is 0 Å². The lowest BCUT2D eigenvalue weighted by molar-refractivity contribution is 0.131. The highest BCUT2D eigenvalue weighted by molar-refractivity contribution is 5.61. The fourth-order valence-electron chi connectivity index (χ4n) is 0.292. The summed E-state index contributed by atoms with van der Waals surface area (Å²) in [7, 11) is 0. The maximum absolute atomic E-state index is 9.80. The van der Waals surface area contributed by atoms with Gasteiger partial charge in [0, 0.05) is 0 Å². The van der Waals surface area contributed by atoms with E-state index in [9.17, 15) is 4.79 Å². The molecule has 0 atom stereocenters. The smallest absolute Gasteiger partial charge is 0.431 e. The summed E-state index contributed by atoms with van der Waals surface area (Å²) in [4.78, 5) is 9.80. The molecule has 0 unspecified atom stereocenters. The van der Waals surface area contributed by atoms with Crippen LogP contribution in [-0.4, -0.2) is 32.6 Å². The first kappa shape index (κ1) is 6.35. The molecule has 2 rings (SSSR count). The summed E-state index contributed by atoms with van der Waals surface area (Å²) in [5.41, 5.74) is 0. The van der Waals surface area contributed by atoms with Crippen LogP contribution in [0.2, 0.25) is 0 Å². The molecule has 0 spiro atoms. The summed E-state index contributed by atoms with van der Waals surface area (Å²) < 4.78 is 13.1. The Balaban J connectivity index is 0.000000112. The highest BCUT2D eigenvalue weighted by atomic mass is 16.8. The van der Waals surface area contributed by atoms with Crippen LogP contribution >= 0.6 is 0 Å². The number of hydrogen-bond donors (Lipinski definition) is 0. The molecule has 0 radical (unpaired) electrons. The monoisotopic (exact) mass is 132 g/mol. The van der Waals surface area contributed by atoms with Crippen LogP contribution in [0.15, 0.2) is 0 Å². The second kappa shape index (κ2) is 3.29. The lowest BCUT2D eigenvalue weighted by Crippen LogP contribution is -1.88. The SMILES string of the molecule is C1CO1.O=C1OCCO1. The first-order valence-corrected chi connectivity index (χ1v) is 2.77. The number of carbonyl (C=O) groups is 1. The molecular weight excluding hydrogens is 124 g/mol. The normalized spacial score (nSPS) is 21.1. The van der Waals surface area contributed by atoms with Crippen LogP contribution in [-0.2, 0) is 14.2 Å². The Kier molecular flexibility index (Phi) is 2.32. The number of hydrogen-bond acceptors (Lipinski definition) is 4. The molecule has 4 heteroatoms. The van der Waals surface area contributed by atoms with E-state index in [0.29, 0.717) is 13.2 Å². The first-order valence-electron chi connectivity index (χ1n) is 2.77. The molecule has 2 saturated heterocycles. The van der Waals surface area contributed by atoms with E-state index in [4.69, 9.17) is 0 Å². The first-order chi connectivity index (χ1) is 4.39. The minimum atomic E-state index is -0.546.